The molecule has 1 fully saturated rings. The summed E-state index contributed by atoms with van der Waals surface area (Å²) in [6.07, 6.45) is 3.59. The third-order valence-electron chi connectivity index (χ3n) is 4.09. The van der Waals surface area contributed by atoms with Crippen LogP contribution in [0.3, 0.4) is 0 Å². The molecule has 1 N–H and O–H groups in total. The van der Waals surface area contributed by atoms with Gasteiger partial charge in [0, 0.05) is 23.9 Å². The Labute approximate surface area is 122 Å². The van der Waals surface area contributed by atoms with Crippen molar-refractivity contribution in [3.05, 3.63) is 27.7 Å². The maximum Gasteiger partial charge on any atom is 0.125 e. The van der Waals surface area contributed by atoms with E-state index in [1.807, 2.05) is 0 Å². The van der Waals surface area contributed by atoms with Gasteiger partial charge in [0.1, 0.15) is 5.75 Å². The first-order valence-corrected chi connectivity index (χ1v) is 7.70. The van der Waals surface area contributed by atoms with E-state index < -0.39 is 5.60 Å². The number of β-amino-alcohol motifs (C(OH)–C–C–N with tert-alkyl or cyclic N) is 1. The third kappa shape index (κ3) is 2.81. The minimum absolute atomic E-state index is 0.618. The number of fused-ring (bicyclic) bond motifs is 1. The van der Waals surface area contributed by atoms with Crippen LogP contribution in [0.25, 0.3) is 0 Å². The Balaban J connectivity index is 1.87. The summed E-state index contributed by atoms with van der Waals surface area (Å²) in [4.78, 5) is 2.21. The normalized spacial score (nSPS) is 27.1. The standard InChI is InChI=1S/C15H20BrNO2/c1-17-5-2-4-15(18,10-17)9-12-8-13(16)7-11-3-6-19-14(11)12/h7-8,18H,2-6,9-10H2,1H3. The SMILES string of the molecule is CN1CCCC(O)(Cc2cc(Br)cc3c2OCC3)C1. The number of hydrogen-bond acceptors (Lipinski definition) is 3. The molecular weight excluding hydrogens is 306 g/mol. The van der Waals surface area contributed by atoms with Gasteiger partial charge in [-0.3, -0.25) is 0 Å². The zero-order valence-corrected chi connectivity index (χ0v) is 12.9. The Morgan fingerprint density at radius 1 is 1.47 bits per heavy atom. The molecule has 2 aliphatic heterocycles. The molecule has 0 amide bonds. The Kier molecular flexibility index (Phi) is 3.58. The molecule has 3 nitrogen and oxygen atoms in total. The predicted octanol–water partition coefficient (Wildman–Crippen LogP) is 2.38. The molecule has 104 valence electrons. The highest BCUT2D eigenvalue weighted by atomic mass is 79.9. The number of nitrogens with zero attached hydrogens (tertiary/aromatic N) is 1. The molecule has 1 aromatic carbocycles. The van der Waals surface area contributed by atoms with Gasteiger partial charge >= 0.3 is 0 Å². The van der Waals surface area contributed by atoms with Crippen molar-refractivity contribution in [1.82, 2.24) is 4.90 Å². The van der Waals surface area contributed by atoms with E-state index in [1.165, 1.54) is 5.56 Å². The topological polar surface area (TPSA) is 32.7 Å². The number of hydrogen-bond donors (Lipinski definition) is 1. The lowest BCUT2D eigenvalue weighted by Gasteiger charge is -2.37. The van der Waals surface area contributed by atoms with Crippen LogP contribution in [0.4, 0.5) is 0 Å². The Morgan fingerprint density at radius 3 is 3.11 bits per heavy atom. The quantitative estimate of drug-likeness (QED) is 0.906. The molecule has 0 bridgehead atoms. The number of aliphatic hydroxyl groups is 1. The van der Waals surface area contributed by atoms with Crippen molar-refractivity contribution in [2.45, 2.75) is 31.3 Å². The number of likely N-dealkylation sites (N-methyl/N-ethyl adjacent to an activating group) is 1. The number of ether oxygens (including phenoxy) is 1. The lowest BCUT2D eigenvalue weighted by atomic mass is 9.86. The van der Waals surface area contributed by atoms with E-state index >= 15 is 0 Å². The summed E-state index contributed by atoms with van der Waals surface area (Å²) in [5, 5.41) is 10.8. The lowest BCUT2D eigenvalue weighted by molar-refractivity contribution is -0.0227. The summed E-state index contributed by atoms with van der Waals surface area (Å²) in [6, 6.07) is 4.22. The fourth-order valence-corrected chi connectivity index (χ4v) is 3.87. The van der Waals surface area contributed by atoms with Gasteiger partial charge < -0.3 is 14.7 Å². The van der Waals surface area contributed by atoms with Crippen molar-refractivity contribution < 1.29 is 9.84 Å². The van der Waals surface area contributed by atoms with E-state index in [4.69, 9.17) is 4.74 Å². The van der Waals surface area contributed by atoms with E-state index in [0.717, 1.165) is 54.7 Å². The minimum Gasteiger partial charge on any atom is -0.493 e. The number of likely N-dealkylation sites (tertiary alicyclic amines) is 1. The number of halogens is 1. The molecule has 0 spiro atoms. The monoisotopic (exact) mass is 325 g/mol. The van der Waals surface area contributed by atoms with Gasteiger partial charge in [0.05, 0.1) is 12.2 Å². The first-order chi connectivity index (χ1) is 9.06. The van der Waals surface area contributed by atoms with E-state index in [2.05, 4.69) is 40.0 Å². The molecule has 0 radical (unpaired) electrons. The highest BCUT2D eigenvalue weighted by molar-refractivity contribution is 9.10. The van der Waals surface area contributed by atoms with Crippen LogP contribution in [0.5, 0.6) is 5.75 Å². The number of benzene rings is 1. The minimum atomic E-state index is -0.618. The molecule has 0 aliphatic carbocycles. The molecule has 0 saturated carbocycles. The molecule has 1 saturated heterocycles. The van der Waals surface area contributed by atoms with E-state index in [9.17, 15) is 5.11 Å². The van der Waals surface area contributed by atoms with Crippen molar-refractivity contribution in [2.75, 3.05) is 26.7 Å². The van der Waals surface area contributed by atoms with Gasteiger partial charge in [-0.1, -0.05) is 15.9 Å². The Morgan fingerprint density at radius 2 is 2.32 bits per heavy atom. The van der Waals surface area contributed by atoms with Gasteiger partial charge in [0.25, 0.3) is 0 Å². The summed E-state index contributed by atoms with van der Waals surface area (Å²) in [5.41, 5.74) is 1.78. The molecule has 1 aromatic rings. The fraction of sp³-hybridized carbons (Fsp3) is 0.600. The number of rotatable bonds is 2. The first-order valence-electron chi connectivity index (χ1n) is 6.91. The molecule has 3 rings (SSSR count). The van der Waals surface area contributed by atoms with Crippen LogP contribution < -0.4 is 4.74 Å². The number of piperidine rings is 1. The van der Waals surface area contributed by atoms with Gasteiger partial charge in [-0.05, 0) is 49.7 Å². The summed E-state index contributed by atoms with van der Waals surface area (Å²) >= 11 is 3.56. The van der Waals surface area contributed by atoms with E-state index in [0.29, 0.717) is 6.42 Å². The van der Waals surface area contributed by atoms with Gasteiger partial charge in [-0.15, -0.1) is 0 Å². The smallest absolute Gasteiger partial charge is 0.125 e. The summed E-state index contributed by atoms with van der Waals surface area (Å²) in [7, 11) is 2.08. The third-order valence-corrected chi connectivity index (χ3v) is 4.55. The molecule has 2 heterocycles. The predicted molar refractivity (Wildman–Crippen MR) is 78.7 cm³/mol. The van der Waals surface area contributed by atoms with Crippen LogP contribution in [0, 0.1) is 0 Å². The van der Waals surface area contributed by atoms with Gasteiger partial charge in [-0.2, -0.15) is 0 Å². The average molecular weight is 326 g/mol. The second kappa shape index (κ2) is 5.08. The fourth-order valence-electron chi connectivity index (χ4n) is 3.31. The van der Waals surface area contributed by atoms with Crippen molar-refractivity contribution in [3.63, 3.8) is 0 Å². The van der Waals surface area contributed by atoms with Crippen LogP contribution in [0.2, 0.25) is 0 Å². The molecule has 2 aliphatic rings. The summed E-state index contributed by atoms with van der Waals surface area (Å²) in [6.45, 7) is 2.58. The van der Waals surface area contributed by atoms with Crippen LogP contribution >= 0.6 is 15.9 Å². The van der Waals surface area contributed by atoms with Gasteiger partial charge in [-0.25, -0.2) is 0 Å². The molecule has 1 atom stereocenters. The molecule has 1 unspecified atom stereocenters. The van der Waals surface area contributed by atoms with Crippen LogP contribution in [-0.4, -0.2) is 42.4 Å². The lowest BCUT2D eigenvalue weighted by Crippen LogP contribution is -2.47. The van der Waals surface area contributed by atoms with Crippen molar-refractivity contribution in [1.29, 1.82) is 0 Å². The van der Waals surface area contributed by atoms with Crippen LogP contribution in [0.1, 0.15) is 24.0 Å². The molecular formula is C15H20BrNO2. The van der Waals surface area contributed by atoms with Crippen LogP contribution in [0.15, 0.2) is 16.6 Å². The van der Waals surface area contributed by atoms with Crippen LogP contribution in [-0.2, 0) is 12.8 Å². The zero-order chi connectivity index (χ0) is 13.5. The highest BCUT2D eigenvalue weighted by Gasteiger charge is 2.33. The van der Waals surface area contributed by atoms with Gasteiger partial charge in [0.2, 0.25) is 0 Å². The summed E-state index contributed by atoms with van der Waals surface area (Å²) < 4.78 is 6.84. The van der Waals surface area contributed by atoms with E-state index in [-0.39, 0.29) is 0 Å². The second-order valence-corrected chi connectivity index (χ2v) is 6.81. The Bertz CT molecular complexity index is 491. The molecule has 0 aromatic heterocycles. The maximum atomic E-state index is 10.8. The molecule has 19 heavy (non-hydrogen) atoms. The largest absolute Gasteiger partial charge is 0.493 e. The van der Waals surface area contributed by atoms with Gasteiger partial charge in [0.15, 0.2) is 0 Å². The summed E-state index contributed by atoms with van der Waals surface area (Å²) in [5.74, 6) is 1.00. The second-order valence-electron chi connectivity index (χ2n) is 5.89. The first kappa shape index (κ1) is 13.4. The average Bonchev–Trinajstić information content (AvgIpc) is 2.75. The Hall–Kier alpha value is -0.580. The highest BCUT2D eigenvalue weighted by Crippen LogP contribution is 2.36. The molecule has 4 heteroatoms. The zero-order valence-electron chi connectivity index (χ0n) is 11.3. The van der Waals surface area contributed by atoms with Crippen molar-refractivity contribution >= 4 is 15.9 Å². The van der Waals surface area contributed by atoms with Crippen molar-refractivity contribution in [2.24, 2.45) is 0 Å². The maximum absolute atomic E-state index is 10.8. The van der Waals surface area contributed by atoms with E-state index in [1.54, 1.807) is 0 Å². The van der Waals surface area contributed by atoms with Crippen molar-refractivity contribution in [3.8, 4) is 5.75 Å².